The highest BCUT2D eigenvalue weighted by atomic mass is 16.5. The Balaban J connectivity index is 2.14. The molecule has 0 radical (unpaired) electrons. The molecule has 0 saturated carbocycles. The highest BCUT2D eigenvalue weighted by Gasteiger charge is 2.25. The lowest BCUT2D eigenvalue weighted by Gasteiger charge is -2.20. The number of nitrogens with one attached hydrogen (secondary N) is 3. The number of methoxy groups -OCH3 is 2. The first kappa shape index (κ1) is 18.3. The molecule has 2 rings (SSSR count). The molecule has 134 valence electrons. The third-order valence-electron chi connectivity index (χ3n) is 3.63. The zero-order chi connectivity index (χ0) is 18.4. The molecule has 0 aliphatic carbocycles. The molecule has 8 heteroatoms. The number of nitrogens with zero attached hydrogens (tertiary/aromatic N) is 1. The Labute approximate surface area is 145 Å². The molecule has 0 unspecified atom stereocenters. The molecule has 8 nitrogen and oxygen atoms in total. The van der Waals surface area contributed by atoms with Gasteiger partial charge in [-0.1, -0.05) is 26.0 Å². The smallest absolute Gasteiger partial charge is 0.407 e. The number of ether oxygens (including phenoxy) is 2. The van der Waals surface area contributed by atoms with Crippen LogP contribution < -0.4 is 15.4 Å². The van der Waals surface area contributed by atoms with E-state index in [0.29, 0.717) is 17.3 Å². The topological polar surface area (TPSA) is 105 Å². The summed E-state index contributed by atoms with van der Waals surface area (Å²) in [6.45, 7) is 3.65. The first-order valence-corrected chi connectivity index (χ1v) is 7.80. The number of hydrogen-bond acceptors (Lipinski definition) is 5. The lowest BCUT2D eigenvalue weighted by atomic mass is 10.0. The predicted octanol–water partition coefficient (Wildman–Crippen LogP) is 2.40. The van der Waals surface area contributed by atoms with Gasteiger partial charge in [0.05, 0.1) is 19.9 Å². The summed E-state index contributed by atoms with van der Waals surface area (Å²) in [6, 6.07) is 8.43. The minimum Gasteiger partial charge on any atom is -0.496 e. The molecule has 1 heterocycles. The van der Waals surface area contributed by atoms with Crippen LogP contribution in [0.4, 0.5) is 10.6 Å². The second-order valence-corrected chi connectivity index (χ2v) is 5.71. The predicted molar refractivity (Wildman–Crippen MR) is 93.4 cm³/mol. The van der Waals surface area contributed by atoms with Crippen molar-refractivity contribution in [3.8, 4) is 17.0 Å². The van der Waals surface area contributed by atoms with Crippen molar-refractivity contribution in [2.45, 2.75) is 19.9 Å². The Morgan fingerprint density at radius 2 is 1.92 bits per heavy atom. The Hall–Kier alpha value is -3.03. The van der Waals surface area contributed by atoms with E-state index in [1.165, 1.54) is 7.11 Å². The van der Waals surface area contributed by atoms with Crippen molar-refractivity contribution < 1.29 is 19.1 Å². The van der Waals surface area contributed by atoms with Gasteiger partial charge in [0.15, 0.2) is 5.82 Å². The maximum atomic E-state index is 12.4. The quantitative estimate of drug-likeness (QED) is 0.745. The van der Waals surface area contributed by atoms with Gasteiger partial charge < -0.3 is 20.1 Å². The van der Waals surface area contributed by atoms with Gasteiger partial charge in [-0.15, -0.1) is 0 Å². The Morgan fingerprint density at radius 3 is 2.56 bits per heavy atom. The van der Waals surface area contributed by atoms with Crippen LogP contribution in [0.5, 0.6) is 5.75 Å². The van der Waals surface area contributed by atoms with E-state index in [1.807, 2.05) is 38.1 Å². The zero-order valence-electron chi connectivity index (χ0n) is 14.6. The van der Waals surface area contributed by atoms with Gasteiger partial charge in [0, 0.05) is 11.6 Å². The van der Waals surface area contributed by atoms with Crippen LogP contribution in [-0.2, 0) is 9.53 Å². The van der Waals surface area contributed by atoms with Crippen molar-refractivity contribution in [1.29, 1.82) is 0 Å². The lowest BCUT2D eigenvalue weighted by molar-refractivity contribution is -0.119. The average molecular weight is 346 g/mol. The molecule has 2 aromatic rings. The van der Waals surface area contributed by atoms with E-state index in [2.05, 4.69) is 25.6 Å². The van der Waals surface area contributed by atoms with Crippen molar-refractivity contribution in [1.82, 2.24) is 15.5 Å². The van der Waals surface area contributed by atoms with Gasteiger partial charge in [0.25, 0.3) is 0 Å². The first-order valence-electron chi connectivity index (χ1n) is 7.80. The Bertz CT molecular complexity index is 742. The van der Waals surface area contributed by atoms with Crippen LogP contribution in [0.15, 0.2) is 30.3 Å². The molecule has 0 saturated heterocycles. The van der Waals surface area contributed by atoms with E-state index in [0.717, 1.165) is 5.56 Å². The van der Waals surface area contributed by atoms with Crippen LogP contribution in [0.25, 0.3) is 11.3 Å². The van der Waals surface area contributed by atoms with Gasteiger partial charge in [-0.3, -0.25) is 9.89 Å². The van der Waals surface area contributed by atoms with E-state index >= 15 is 0 Å². The minimum absolute atomic E-state index is 0.119. The molecule has 0 bridgehead atoms. The van der Waals surface area contributed by atoms with Crippen LogP contribution >= 0.6 is 0 Å². The first-order chi connectivity index (χ1) is 12.0. The van der Waals surface area contributed by atoms with Crippen molar-refractivity contribution >= 4 is 17.8 Å². The van der Waals surface area contributed by atoms with Crippen molar-refractivity contribution in [3.63, 3.8) is 0 Å². The number of anilines is 1. The van der Waals surface area contributed by atoms with E-state index in [-0.39, 0.29) is 11.8 Å². The zero-order valence-corrected chi connectivity index (χ0v) is 14.6. The van der Waals surface area contributed by atoms with Crippen LogP contribution in [0.2, 0.25) is 0 Å². The number of carbonyl (C=O) groups is 2. The summed E-state index contributed by atoms with van der Waals surface area (Å²) >= 11 is 0. The summed E-state index contributed by atoms with van der Waals surface area (Å²) in [5.41, 5.74) is 1.53. The molecule has 1 aromatic carbocycles. The standard InChI is InChI=1S/C17H22N4O4/c1-10(2)15(19-17(23)25-4)16(22)18-14-9-12(20-21-14)11-7-5-6-8-13(11)24-3/h5-10,15H,1-4H3,(H,19,23)(H2,18,20,21,22)/t15-/m0/s1. The number of amides is 2. The third-order valence-corrected chi connectivity index (χ3v) is 3.63. The number of para-hydroxylation sites is 1. The van der Waals surface area contributed by atoms with E-state index < -0.39 is 12.1 Å². The Kier molecular flexibility index (Phi) is 5.99. The van der Waals surface area contributed by atoms with Crippen LogP contribution in [-0.4, -0.2) is 42.5 Å². The molecule has 25 heavy (non-hydrogen) atoms. The average Bonchev–Trinajstić information content (AvgIpc) is 3.07. The normalized spacial score (nSPS) is 11.7. The molecule has 2 amide bonds. The fourth-order valence-electron chi connectivity index (χ4n) is 2.32. The third kappa shape index (κ3) is 4.50. The summed E-state index contributed by atoms with van der Waals surface area (Å²) < 4.78 is 9.87. The van der Waals surface area contributed by atoms with Crippen molar-refractivity contribution in [3.05, 3.63) is 30.3 Å². The second-order valence-electron chi connectivity index (χ2n) is 5.71. The van der Waals surface area contributed by atoms with Gasteiger partial charge in [-0.25, -0.2) is 4.79 Å². The number of aromatic nitrogens is 2. The number of carbonyl (C=O) groups excluding carboxylic acids is 2. The largest absolute Gasteiger partial charge is 0.496 e. The molecule has 0 aliphatic rings. The number of benzene rings is 1. The second kappa shape index (κ2) is 8.18. The summed E-state index contributed by atoms with van der Waals surface area (Å²) in [5, 5.41) is 12.2. The molecular weight excluding hydrogens is 324 g/mol. The van der Waals surface area contributed by atoms with Crippen LogP contribution in [0.3, 0.4) is 0 Å². The molecule has 1 aromatic heterocycles. The monoisotopic (exact) mass is 346 g/mol. The van der Waals surface area contributed by atoms with Crippen molar-refractivity contribution in [2.24, 2.45) is 5.92 Å². The number of aromatic amines is 1. The molecular formula is C17H22N4O4. The van der Waals surface area contributed by atoms with Gasteiger partial charge in [0.2, 0.25) is 5.91 Å². The number of H-pyrrole nitrogens is 1. The van der Waals surface area contributed by atoms with Crippen LogP contribution in [0, 0.1) is 5.92 Å². The molecule has 0 fully saturated rings. The van der Waals surface area contributed by atoms with Crippen LogP contribution in [0.1, 0.15) is 13.8 Å². The minimum atomic E-state index is -0.737. The molecule has 1 atom stereocenters. The van der Waals surface area contributed by atoms with Crippen molar-refractivity contribution in [2.75, 3.05) is 19.5 Å². The highest BCUT2D eigenvalue weighted by molar-refractivity contribution is 5.96. The summed E-state index contributed by atoms with van der Waals surface area (Å²) in [5.74, 6) is 0.546. The molecule has 0 spiro atoms. The number of hydrogen-bond donors (Lipinski definition) is 3. The molecule has 0 aliphatic heterocycles. The maximum absolute atomic E-state index is 12.4. The SMILES string of the molecule is COC(=O)N[C@H](C(=O)Nc1cc(-c2ccccc2OC)[nH]n1)C(C)C. The fraction of sp³-hybridized carbons (Fsp3) is 0.353. The van der Waals surface area contributed by atoms with E-state index in [4.69, 9.17) is 4.74 Å². The summed E-state index contributed by atoms with van der Waals surface area (Å²) in [4.78, 5) is 23.8. The fourth-order valence-corrected chi connectivity index (χ4v) is 2.32. The highest BCUT2D eigenvalue weighted by Crippen LogP contribution is 2.29. The summed E-state index contributed by atoms with van der Waals surface area (Å²) in [7, 11) is 2.83. The number of rotatable bonds is 6. The van der Waals surface area contributed by atoms with Gasteiger partial charge >= 0.3 is 6.09 Å². The molecule has 3 N–H and O–H groups in total. The maximum Gasteiger partial charge on any atom is 0.407 e. The lowest BCUT2D eigenvalue weighted by Crippen LogP contribution is -2.47. The summed E-state index contributed by atoms with van der Waals surface area (Å²) in [6.07, 6.45) is -0.661. The van der Waals surface area contributed by atoms with Gasteiger partial charge in [-0.05, 0) is 18.1 Å². The number of alkyl carbamates (subject to hydrolysis) is 1. The Morgan fingerprint density at radius 1 is 1.20 bits per heavy atom. The van der Waals surface area contributed by atoms with Gasteiger partial charge in [0.1, 0.15) is 11.8 Å². The van der Waals surface area contributed by atoms with E-state index in [1.54, 1.807) is 13.2 Å². The van der Waals surface area contributed by atoms with Gasteiger partial charge in [-0.2, -0.15) is 5.10 Å². The van der Waals surface area contributed by atoms with E-state index in [9.17, 15) is 9.59 Å².